The van der Waals surface area contributed by atoms with Gasteiger partial charge in [-0.3, -0.25) is 9.69 Å². The minimum atomic E-state index is 0.00720. The normalized spacial score (nSPS) is 20.1. The molecule has 1 atom stereocenters. The van der Waals surface area contributed by atoms with Crippen LogP contribution in [0.3, 0.4) is 0 Å². The smallest absolute Gasteiger partial charge is 0.238 e. The van der Waals surface area contributed by atoms with Crippen LogP contribution in [0, 0.1) is 5.92 Å². The Balaban J connectivity index is 1.30. The Morgan fingerprint density at radius 1 is 1.22 bits per heavy atom. The van der Waals surface area contributed by atoms with E-state index in [4.69, 9.17) is 9.47 Å². The van der Waals surface area contributed by atoms with E-state index in [1.54, 1.807) is 0 Å². The molecule has 3 heterocycles. The van der Waals surface area contributed by atoms with Gasteiger partial charge in [0.2, 0.25) is 5.91 Å². The van der Waals surface area contributed by atoms with E-state index in [1.165, 1.54) is 6.42 Å². The first-order valence-corrected chi connectivity index (χ1v) is 9.64. The van der Waals surface area contributed by atoms with Crippen LogP contribution in [0.5, 0.6) is 11.5 Å². The third-order valence-electron chi connectivity index (χ3n) is 5.03. The van der Waals surface area contributed by atoms with E-state index < -0.39 is 0 Å². The largest absolute Gasteiger partial charge is 0.490 e. The number of imidazole rings is 1. The first-order valence-electron chi connectivity index (χ1n) is 9.64. The monoisotopic (exact) mass is 370 g/mol. The quantitative estimate of drug-likeness (QED) is 0.875. The molecule has 0 saturated carbocycles. The summed E-state index contributed by atoms with van der Waals surface area (Å²) in [5, 5.41) is 2.99. The van der Waals surface area contributed by atoms with Gasteiger partial charge in [0, 0.05) is 43.7 Å². The molecule has 0 spiro atoms. The Labute approximate surface area is 159 Å². The van der Waals surface area contributed by atoms with E-state index >= 15 is 0 Å². The molecule has 4 rings (SSSR count). The van der Waals surface area contributed by atoms with Gasteiger partial charge in [-0.15, -0.1) is 0 Å². The lowest BCUT2D eigenvalue weighted by Crippen LogP contribution is -2.41. The number of carbonyl (C=O) groups is 1. The van der Waals surface area contributed by atoms with Crippen LogP contribution in [0.15, 0.2) is 36.9 Å². The molecule has 1 saturated heterocycles. The second kappa shape index (κ2) is 8.43. The van der Waals surface area contributed by atoms with Crippen LogP contribution in [0.4, 0.5) is 5.69 Å². The lowest BCUT2D eigenvalue weighted by Gasteiger charge is -2.32. The molecule has 1 amide bonds. The van der Waals surface area contributed by atoms with Gasteiger partial charge >= 0.3 is 0 Å². The summed E-state index contributed by atoms with van der Waals surface area (Å²) in [4.78, 5) is 18.8. The van der Waals surface area contributed by atoms with Crippen molar-refractivity contribution < 1.29 is 14.3 Å². The average molecular weight is 370 g/mol. The number of nitrogens with one attached hydrogen (secondary N) is 1. The number of fused-ring (bicyclic) bond motifs is 1. The van der Waals surface area contributed by atoms with Crippen LogP contribution in [0.2, 0.25) is 0 Å². The standard InChI is InChI=1S/C20H26N4O3/c25-20(22-17-4-5-18-19(11-17)27-10-2-9-26-18)14-23-7-1-3-16(12-23)13-24-8-6-21-15-24/h4-6,8,11,15-16H,1-3,7,9-10,12-14H2,(H,22,25). The molecule has 7 nitrogen and oxygen atoms in total. The van der Waals surface area contributed by atoms with Crippen LogP contribution in [0.25, 0.3) is 0 Å². The first-order chi connectivity index (χ1) is 13.3. The number of aromatic nitrogens is 2. The third-order valence-corrected chi connectivity index (χ3v) is 5.03. The fourth-order valence-electron chi connectivity index (χ4n) is 3.78. The van der Waals surface area contributed by atoms with Crippen molar-refractivity contribution in [2.45, 2.75) is 25.8 Å². The van der Waals surface area contributed by atoms with Crippen LogP contribution < -0.4 is 14.8 Å². The van der Waals surface area contributed by atoms with Gasteiger partial charge in [-0.2, -0.15) is 0 Å². The summed E-state index contributed by atoms with van der Waals surface area (Å²) in [7, 11) is 0. The lowest BCUT2D eigenvalue weighted by molar-refractivity contribution is -0.117. The van der Waals surface area contributed by atoms with Crippen LogP contribution in [-0.4, -0.2) is 53.2 Å². The van der Waals surface area contributed by atoms with Gasteiger partial charge in [0.15, 0.2) is 11.5 Å². The predicted molar refractivity (Wildman–Crippen MR) is 102 cm³/mol. The fraction of sp³-hybridized carbons (Fsp3) is 0.500. The molecule has 0 bridgehead atoms. The van der Waals surface area contributed by atoms with Crippen molar-refractivity contribution in [3.05, 3.63) is 36.9 Å². The maximum atomic E-state index is 12.5. The second-order valence-corrected chi connectivity index (χ2v) is 7.26. The Morgan fingerprint density at radius 3 is 2.96 bits per heavy atom. The molecule has 0 aliphatic carbocycles. The summed E-state index contributed by atoms with van der Waals surface area (Å²) in [5.74, 6) is 2.00. The van der Waals surface area contributed by atoms with E-state index in [0.717, 1.165) is 43.9 Å². The molecule has 2 aromatic rings. The summed E-state index contributed by atoms with van der Waals surface area (Å²) < 4.78 is 13.4. The molecule has 1 aromatic heterocycles. The van der Waals surface area contributed by atoms with E-state index in [9.17, 15) is 4.79 Å². The van der Waals surface area contributed by atoms with E-state index in [1.807, 2.05) is 36.9 Å². The zero-order valence-electron chi connectivity index (χ0n) is 15.5. The molecule has 27 heavy (non-hydrogen) atoms. The average Bonchev–Trinajstić information content (AvgIpc) is 3.05. The van der Waals surface area contributed by atoms with E-state index in [2.05, 4.69) is 19.8 Å². The van der Waals surface area contributed by atoms with Crippen molar-refractivity contribution in [3.8, 4) is 11.5 Å². The minimum absolute atomic E-state index is 0.00720. The number of hydrogen-bond acceptors (Lipinski definition) is 5. The number of anilines is 1. The Hall–Kier alpha value is -2.54. The molecule has 0 radical (unpaired) electrons. The summed E-state index contributed by atoms with van der Waals surface area (Å²) in [6, 6.07) is 5.57. The molecule has 7 heteroatoms. The number of nitrogens with zero attached hydrogens (tertiary/aromatic N) is 3. The Morgan fingerprint density at radius 2 is 2.11 bits per heavy atom. The second-order valence-electron chi connectivity index (χ2n) is 7.26. The predicted octanol–water partition coefficient (Wildman–Crippen LogP) is 2.40. The van der Waals surface area contributed by atoms with Crippen molar-refractivity contribution in [2.75, 3.05) is 38.2 Å². The molecule has 1 unspecified atom stereocenters. The maximum absolute atomic E-state index is 12.5. The molecule has 1 N–H and O–H groups in total. The molecule has 1 aromatic carbocycles. The molecule has 144 valence electrons. The highest BCUT2D eigenvalue weighted by atomic mass is 16.5. The van der Waals surface area contributed by atoms with Crippen molar-refractivity contribution >= 4 is 11.6 Å². The number of ether oxygens (including phenoxy) is 2. The third kappa shape index (κ3) is 4.80. The number of piperidine rings is 1. The highest BCUT2D eigenvalue weighted by Crippen LogP contribution is 2.32. The van der Waals surface area contributed by atoms with Crippen LogP contribution >= 0.6 is 0 Å². The van der Waals surface area contributed by atoms with E-state index in [0.29, 0.717) is 31.4 Å². The number of hydrogen-bond donors (Lipinski definition) is 1. The molecule has 2 aliphatic heterocycles. The minimum Gasteiger partial charge on any atom is -0.490 e. The Kier molecular flexibility index (Phi) is 5.58. The van der Waals surface area contributed by atoms with Crippen LogP contribution in [-0.2, 0) is 11.3 Å². The fourth-order valence-corrected chi connectivity index (χ4v) is 3.78. The zero-order chi connectivity index (χ0) is 18.5. The first kappa shape index (κ1) is 17.9. The molecular weight excluding hydrogens is 344 g/mol. The van der Waals surface area contributed by atoms with Gasteiger partial charge in [-0.1, -0.05) is 0 Å². The lowest BCUT2D eigenvalue weighted by atomic mass is 9.98. The number of rotatable bonds is 5. The summed E-state index contributed by atoms with van der Waals surface area (Å²) in [6.45, 7) is 4.57. The number of likely N-dealkylation sites (tertiary alicyclic amines) is 1. The maximum Gasteiger partial charge on any atom is 0.238 e. The molecular formula is C20H26N4O3. The summed E-state index contributed by atoms with van der Waals surface area (Å²) in [6.07, 6.45) is 8.84. The molecule has 1 fully saturated rings. The highest BCUT2D eigenvalue weighted by molar-refractivity contribution is 5.92. The van der Waals surface area contributed by atoms with Crippen molar-refractivity contribution in [2.24, 2.45) is 5.92 Å². The SMILES string of the molecule is O=C(CN1CCCC(Cn2ccnc2)C1)Nc1ccc2c(c1)OCCCO2. The van der Waals surface area contributed by atoms with Crippen molar-refractivity contribution in [1.82, 2.24) is 14.5 Å². The zero-order valence-corrected chi connectivity index (χ0v) is 15.5. The van der Waals surface area contributed by atoms with Crippen molar-refractivity contribution in [1.29, 1.82) is 0 Å². The van der Waals surface area contributed by atoms with Gasteiger partial charge in [0.05, 0.1) is 26.1 Å². The van der Waals surface area contributed by atoms with Gasteiger partial charge in [-0.25, -0.2) is 4.98 Å². The number of benzene rings is 1. The topological polar surface area (TPSA) is 68.6 Å². The van der Waals surface area contributed by atoms with E-state index in [-0.39, 0.29) is 5.91 Å². The van der Waals surface area contributed by atoms with Crippen LogP contribution in [0.1, 0.15) is 19.3 Å². The summed E-state index contributed by atoms with van der Waals surface area (Å²) in [5.41, 5.74) is 0.747. The van der Waals surface area contributed by atoms with Gasteiger partial charge in [-0.05, 0) is 37.4 Å². The number of amides is 1. The number of carbonyl (C=O) groups excluding carboxylic acids is 1. The summed E-state index contributed by atoms with van der Waals surface area (Å²) >= 11 is 0. The van der Waals surface area contributed by atoms with Crippen molar-refractivity contribution in [3.63, 3.8) is 0 Å². The molecule has 2 aliphatic rings. The van der Waals surface area contributed by atoms with Gasteiger partial charge in [0.25, 0.3) is 0 Å². The highest BCUT2D eigenvalue weighted by Gasteiger charge is 2.22. The van der Waals surface area contributed by atoms with Gasteiger partial charge in [0.1, 0.15) is 0 Å². The van der Waals surface area contributed by atoms with Gasteiger partial charge < -0.3 is 19.4 Å². The Bertz CT molecular complexity index is 763.